The smallest absolute Gasteiger partial charge is 0.159 e. The van der Waals surface area contributed by atoms with Crippen LogP contribution in [0, 0.1) is 11.3 Å². The van der Waals surface area contributed by atoms with Crippen molar-refractivity contribution < 1.29 is 4.79 Å². The largest absolute Gasteiger partial charge is 0.295 e. The van der Waals surface area contributed by atoms with Gasteiger partial charge in [0, 0.05) is 12.6 Å². The quantitative estimate of drug-likeness (QED) is 0.527. The van der Waals surface area contributed by atoms with Crippen molar-refractivity contribution in [2.75, 3.05) is 7.05 Å². The molecule has 0 amide bonds. The molecule has 0 radical (unpaired) electrons. The Hall–Kier alpha value is -2.02. The molecule has 4 nitrogen and oxygen atoms in total. The van der Waals surface area contributed by atoms with E-state index in [2.05, 4.69) is 10.2 Å². The number of ketones is 1. The van der Waals surface area contributed by atoms with E-state index >= 15 is 0 Å². The molecule has 0 atom stereocenters. The predicted molar refractivity (Wildman–Crippen MR) is 51.6 cm³/mol. The lowest BCUT2D eigenvalue weighted by Crippen LogP contribution is -1.92. The third-order valence-corrected chi connectivity index (χ3v) is 1.73. The zero-order valence-corrected chi connectivity index (χ0v) is 7.98. The van der Waals surface area contributed by atoms with Gasteiger partial charge in [-0.1, -0.05) is 0 Å². The van der Waals surface area contributed by atoms with Gasteiger partial charge < -0.3 is 0 Å². The second-order valence-corrected chi connectivity index (χ2v) is 2.70. The van der Waals surface area contributed by atoms with E-state index in [1.165, 1.54) is 20.0 Å². The van der Waals surface area contributed by atoms with Gasteiger partial charge in [0.25, 0.3) is 0 Å². The fraction of sp³-hybridized carbons (Fsp3) is 0.200. The Balaban J connectivity index is 3.26. The van der Waals surface area contributed by atoms with Gasteiger partial charge in [0.05, 0.1) is 5.56 Å². The second kappa shape index (κ2) is 4.28. The first-order valence-corrected chi connectivity index (χ1v) is 4.04. The third kappa shape index (κ3) is 2.02. The van der Waals surface area contributed by atoms with Gasteiger partial charge in [0.15, 0.2) is 5.78 Å². The number of carbonyl (C=O) groups is 1. The minimum atomic E-state index is -0.0681. The number of benzene rings is 1. The van der Waals surface area contributed by atoms with Crippen molar-refractivity contribution in [1.82, 2.24) is 0 Å². The second-order valence-electron chi connectivity index (χ2n) is 2.70. The van der Waals surface area contributed by atoms with E-state index in [-0.39, 0.29) is 5.78 Å². The maximum Gasteiger partial charge on any atom is 0.159 e. The molecule has 0 aliphatic heterocycles. The Kier molecular flexibility index (Phi) is 3.08. The van der Waals surface area contributed by atoms with Crippen LogP contribution in [0.2, 0.25) is 0 Å². The van der Waals surface area contributed by atoms with E-state index in [0.29, 0.717) is 16.8 Å². The Morgan fingerprint density at radius 2 is 2.21 bits per heavy atom. The summed E-state index contributed by atoms with van der Waals surface area (Å²) in [5, 5.41) is 16.1. The molecule has 1 aromatic carbocycles. The van der Waals surface area contributed by atoms with E-state index in [4.69, 9.17) is 5.26 Å². The van der Waals surface area contributed by atoms with Crippen molar-refractivity contribution in [3.05, 3.63) is 29.3 Å². The summed E-state index contributed by atoms with van der Waals surface area (Å²) < 4.78 is 0. The van der Waals surface area contributed by atoms with Crippen LogP contribution in [-0.4, -0.2) is 12.8 Å². The van der Waals surface area contributed by atoms with E-state index < -0.39 is 0 Å². The highest BCUT2D eigenvalue weighted by atomic mass is 16.1. The molecule has 0 aliphatic rings. The van der Waals surface area contributed by atoms with Gasteiger partial charge in [-0.3, -0.25) is 4.79 Å². The van der Waals surface area contributed by atoms with Crippen molar-refractivity contribution in [3.63, 3.8) is 0 Å². The fourth-order valence-corrected chi connectivity index (χ4v) is 1.04. The zero-order valence-electron chi connectivity index (χ0n) is 7.98. The number of nitrogens with zero attached hydrogens (tertiary/aromatic N) is 3. The molecule has 0 aliphatic carbocycles. The van der Waals surface area contributed by atoms with Gasteiger partial charge in [-0.05, 0) is 25.1 Å². The summed E-state index contributed by atoms with van der Waals surface area (Å²) in [6.07, 6.45) is 0. The van der Waals surface area contributed by atoms with E-state index in [1.54, 1.807) is 12.1 Å². The van der Waals surface area contributed by atoms with Crippen LogP contribution in [0.15, 0.2) is 28.4 Å². The van der Waals surface area contributed by atoms with Gasteiger partial charge >= 0.3 is 0 Å². The summed E-state index contributed by atoms with van der Waals surface area (Å²) in [5.74, 6) is -0.0681. The topological polar surface area (TPSA) is 65.6 Å². The summed E-state index contributed by atoms with van der Waals surface area (Å²) in [6.45, 7) is 1.46. The lowest BCUT2D eigenvalue weighted by atomic mass is 10.1. The number of hydrogen-bond acceptors (Lipinski definition) is 4. The number of carbonyl (C=O) groups excluding carboxylic acids is 1. The average Bonchev–Trinajstić information content (AvgIpc) is 2.18. The molecule has 0 bridgehead atoms. The minimum absolute atomic E-state index is 0.0681. The summed E-state index contributed by atoms with van der Waals surface area (Å²) in [4.78, 5) is 11.0. The van der Waals surface area contributed by atoms with Crippen LogP contribution in [0.1, 0.15) is 22.8 Å². The van der Waals surface area contributed by atoms with E-state index in [1.807, 2.05) is 6.07 Å². The zero-order chi connectivity index (χ0) is 10.6. The maximum atomic E-state index is 11.0. The van der Waals surface area contributed by atoms with Crippen molar-refractivity contribution in [2.24, 2.45) is 10.2 Å². The lowest BCUT2D eigenvalue weighted by molar-refractivity contribution is 0.101. The Bertz CT molecular complexity index is 429. The van der Waals surface area contributed by atoms with Crippen molar-refractivity contribution in [3.8, 4) is 6.07 Å². The summed E-state index contributed by atoms with van der Waals surface area (Å²) in [6, 6.07) is 6.74. The van der Waals surface area contributed by atoms with Crippen molar-refractivity contribution in [1.29, 1.82) is 5.26 Å². The summed E-state index contributed by atoms with van der Waals surface area (Å²) in [5.41, 5.74) is 1.36. The highest BCUT2D eigenvalue weighted by Gasteiger charge is 2.05. The normalized spacial score (nSPS) is 10.1. The molecule has 1 rings (SSSR count). The molecular formula is C10H9N3O. The highest BCUT2D eigenvalue weighted by Crippen LogP contribution is 2.20. The summed E-state index contributed by atoms with van der Waals surface area (Å²) in [7, 11) is 1.53. The van der Waals surface area contributed by atoms with Crippen LogP contribution < -0.4 is 0 Å². The third-order valence-electron chi connectivity index (χ3n) is 1.73. The average molecular weight is 187 g/mol. The van der Waals surface area contributed by atoms with Crippen molar-refractivity contribution >= 4 is 11.5 Å². The SMILES string of the molecule is C/N=N/c1ccc(C(C)=O)cc1C#N. The van der Waals surface area contributed by atoms with Gasteiger partial charge in [0.1, 0.15) is 11.8 Å². The highest BCUT2D eigenvalue weighted by molar-refractivity contribution is 5.94. The van der Waals surface area contributed by atoms with Crippen LogP contribution in [0.3, 0.4) is 0 Å². The van der Waals surface area contributed by atoms with Gasteiger partial charge in [-0.15, -0.1) is 0 Å². The maximum absolute atomic E-state index is 11.0. The van der Waals surface area contributed by atoms with Gasteiger partial charge in [-0.2, -0.15) is 15.5 Å². The number of hydrogen-bond donors (Lipinski definition) is 0. The molecule has 70 valence electrons. The molecule has 0 aromatic heterocycles. The lowest BCUT2D eigenvalue weighted by Gasteiger charge is -1.98. The molecule has 14 heavy (non-hydrogen) atoms. The Morgan fingerprint density at radius 1 is 1.50 bits per heavy atom. The molecule has 0 spiro atoms. The fourth-order valence-electron chi connectivity index (χ4n) is 1.04. The van der Waals surface area contributed by atoms with Gasteiger partial charge in [0.2, 0.25) is 0 Å². The van der Waals surface area contributed by atoms with Crippen LogP contribution in [0.25, 0.3) is 0 Å². The molecular weight excluding hydrogens is 178 g/mol. The first-order valence-electron chi connectivity index (χ1n) is 4.04. The Morgan fingerprint density at radius 3 is 2.71 bits per heavy atom. The molecule has 4 heteroatoms. The monoisotopic (exact) mass is 187 g/mol. The van der Waals surface area contributed by atoms with Crippen LogP contribution in [-0.2, 0) is 0 Å². The molecule has 0 N–H and O–H groups in total. The van der Waals surface area contributed by atoms with Crippen LogP contribution in [0.4, 0.5) is 5.69 Å². The molecule has 0 saturated carbocycles. The number of Topliss-reactive ketones (excluding diaryl/α,β-unsaturated/α-hetero) is 1. The van der Waals surface area contributed by atoms with Crippen molar-refractivity contribution in [2.45, 2.75) is 6.92 Å². The standard InChI is InChI=1S/C10H9N3O/c1-7(14)8-3-4-10(13-12-2)9(5-8)6-11/h3-5H,1-2H3/b13-12+. The van der Waals surface area contributed by atoms with Crippen LogP contribution >= 0.6 is 0 Å². The Labute approximate surface area is 81.9 Å². The van der Waals surface area contributed by atoms with Gasteiger partial charge in [-0.25, -0.2) is 0 Å². The number of azo groups is 1. The number of nitriles is 1. The number of rotatable bonds is 2. The van der Waals surface area contributed by atoms with E-state index in [0.717, 1.165) is 0 Å². The molecule has 0 unspecified atom stereocenters. The first kappa shape index (κ1) is 10.1. The molecule has 0 heterocycles. The molecule has 0 saturated heterocycles. The molecule has 1 aromatic rings. The van der Waals surface area contributed by atoms with Crippen LogP contribution in [0.5, 0.6) is 0 Å². The molecule has 0 fully saturated rings. The van der Waals surface area contributed by atoms with E-state index in [9.17, 15) is 4.79 Å². The predicted octanol–water partition coefficient (Wildman–Crippen LogP) is 2.47. The summed E-state index contributed by atoms with van der Waals surface area (Å²) >= 11 is 0. The minimum Gasteiger partial charge on any atom is -0.295 e. The first-order chi connectivity index (χ1) is 6.69.